The van der Waals surface area contributed by atoms with Crippen LogP contribution in [0.1, 0.15) is 91.4 Å². The quantitative estimate of drug-likeness (QED) is 0.264. The van der Waals surface area contributed by atoms with Gasteiger partial charge in [0, 0.05) is 24.9 Å². The molecule has 0 aromatic carbocycles. The number of hydrogen-bond donors (Lipinski definition) is 0. The number of carbonyl (C=O) groups excluding carboxylic acids is 2. The molecule has 1 aliphatic rings. The van der Waals surface area contributed by atoms with E-state index in [9.17, 15) is 9.59 Å². The van der Waals surface area contributed by atoms with Crippen LogP contribution < -0.4 is 0 Å². The van der Waals surface area contributed by atoms with Crippen LogP contribution in [0.15, 0.2) is 12.2 Å². The summed E-state index contributed by atoms with van der Waals surface area (Å²) < 4.78 is 0. The Kier molecular flexibility index (Phi) is 11.5. The van der Waals surface area contributed by atoms with E-state index in [1.807, 2.05) is 6.92 Å². The van der Waals surface area contributed by atoms with Crippen molar-refractivity contribution in [1.82, 2.24) is 4.90 Å². The lowest BCUT2D eigenvalue weighted by atomic mass is 9.90. The maximum absolute atomic E-state index is 12.5. The van der Waals surface area contributed by atoms with Gasteiger partial charge in [0.1, 0.15) is 6.29 Å². The zero-order valence-corrected chi connectivity index (χ0v) is 16.7. The smallest absolute Gasteiger partial charge is 0.222 e. The van der Waals surface area contributed by atoms with Crippen LogP contribution in [0.4, 0.5) is 0 Å². The Morgan fingerprint density at radius 1 is 1.08 bits per heavy atom. The standard InChI is InChI=1S/C22H39NO2/c1-4-5-6-7-8-10-13-19(2)16-21(17-20(3)18-24)23-15-12-9-11-14-22(23)25/h4-5,18-21H,6-17H2,1-3H3. The Morgan fingerprint density at radius 3 is 2.60 bits per heavy atom. The third kappa shape index (κ3) is 9.23. The molecule has 0 bridgehead atoms. The molecule has 1 fully saturated rings. The van der Waals surface area contributed by atoms with Crippen molar-refractivity contribution in [3.05, 3.63) is 12.2 Å². The van der Waals surface area contributed by atoms with Crippen LogP contribution in [0.25, 0.3) is 0 Å². The van der Waals surface area contributed by atoms with Gasteiger partial charge in [0.25, 0.3) is 0 Å². The number of unbranched alkanes of at least 4 members (excludes halogenated alkanes) is 3. The van der Waals surface area contributed by atoms with Crippen LogP contribution in [0, 0.1) is 11.8 Å². The lowest BCUT2D eigenvalue weighted by Gasteiger charge is -2.34. The molecule has 1 saturated heterocycles. The second kappa shape index (κ2) is 13.1. The van der Waals surface area contributed by atoms with Crippen molar-refractivity contribution in [2.24, 2.45) is 11.8 Å². The first-order valence-corrected chi connectivity index (χ1v) is 10.4. The van der Waals surface area contributed by atoms with Crippen LogP contribution in [0.5, 0.6) is 0 Å². The molecule has 3 heteroatoms. The molecule has 0 aromatic rings. The maximum Gasteiger partial charge on any atom is 0.222 e. The van der Waals surface area contributed by atoms with Gasteiger partial charge in [-0.25, -0.2) is 0 Å². The molecule has 0 spiro atoms. The van der Waals surface area contributed by atoms with Gasteiger partial charge in [0.2, 0.25) is 5.91 Å². The summed E-state index contributed by atoms with van der Waals surface area (Å²) in [4.78, 5) is 25.8. The van der Waals surface area contributed by atoms with Crippen LogP contribution in [0.3, 0.4) is 0 Å². The average Bonchev–Trinajstić information content (AvgIpc) is 2.81. The summed E-state index contributed by atoms with van der Waals surface area (Å²) in [7, 11) is 0. The highest BCUT2D eigenvalue weighted by atomic mass is 16.2. The van der Waals surface area contributed by atoms with Crippen molar-refractivity contribution in [2.75, 3.05) is 6.54 Å². The van der Waals surface area contributed by atoms with Gasteiger partial charge in [-0.05, 0) is 51.4 Å². The lowest BCUT2D eigenvalue weighted by Crippen LogP contribution is -2.42. The number of rotatable bonds is 12. The Hall–Kier alpha value is -1.12. The number of hydrogen-bond acceptors (Lipinski definition) is 2. The van der Waals surface area contributed by atoms with Gasteiger partial charge >= 0.3 is 0 Å². The summed E-state index contributed by atoms with van der Waals surface area (Å²) in [6.07, 6.45) is 17.5. The summed E-state index contributed by atoms with van der Waals surface area (Å²) in [5.74, 6) is 0.954. The van der Waals surface area contributed by atoms with E-state index in [1.54, 1.807) is 0 Å². The molecule has 3 unspecified atom stereocenters. The average molecular weight is 350 g/mol. The van der Waals surface area contributed by atoms with Crippen LogP contribution in [0.2, 0.25) is 0 Å². The topological polar surface area (TPSA) is 37.4 Å². The fourth-order valence-electron chi connectivity index (χ4n) is 3.91. The van der Waals surface area contributed by atoms with Crippen molar-refractivity contribution in [1.29, 1.82) is 0 Å². The minimum Gasteiger partial charge on any atom is -0.340 e. The first-order chi connectivity index (χ1) is 12.1. The van der Waals surface area contributed by atoms with Crippen LogP contribution >= 0.6 is 0 Å². The number of nitrogens with zero attached hydrogens (tertiary/aromatic N) is 1. The Bertz CT molecular complexity index is 405. The Labute approximate surface area is 155 Å². The number of allylic oxidation sites excluding steroid dienone is 2. The molecule has 1 aliphatic heterocycles. The minimum atomic E-state index is 0.0362. The van der Waals surface area contributed by atoms with Crippen molar-refractivity contribution < 1.29 is 9.59 Å². The summed E-state index contributed by atoms with van der Waals surface area (Å²) in [6.45, 7) is 7.25. The van der Waals surface area contributed by atoms with E-state index in [2.05, 4.69) is 30.9 Å². The van der Waals surface area contributed by atoms with Gasteiger partial charge in [0.15, 0.2) is 0 Å². The molecule has 0 aliphatic carbocycles. The van der Waals surface area contributed by atoms with E-state index >= 15 is 0 Å². The zero-order valence-electron chi connectivity index (χ0n) is 16.7. The highest BCUT2D eigenvalue weighted by molar-refractivity contribution is 5.76. The molecule has 1 heterocycles. The number of aldehydes is 1. The molecule has 1 rings (SSSR count). The molecule has 0 saturated carbocycles. The highest BCUT2D eigenvalue weighted by Crippen LogP contribution is 2.25. The van der Waals surface area contributed by atoms with Crippen LogP contribution in [-0.4, -0.2) is 29.7 Å². The minimum absolute atomic E-state index is 0.0362. The fourth-order valence-corrected chi connectivity index (χ4v) is 3.91. The second-order valence-electron chi connectivity index (χ2n) is 7.95. The number of carbonyl (C=O) groups is 2. The SMILES string of the molecule is CC=CCCCCCC(C)CC(CC(C)C=O)N1CCCCCC1=O. The summed E-state index contributed by atoms with van der Waals surface area (Å²) in [5.41, 5.74) is 0. The Balaban J connectivity index is 2.51. The predicted octanol–water partition coefficient (Wildman–Crippen LogP) is 5.54. The normalized spacial score (nSPS) is 19.6. The van der Waals surface area contributed by atoms with Gasteiger partial charge in [-0.3, -0.25) is 4.79 Å². The van der Waals surface area contributed by atoms with E-state index in [0.717, 1.165) is 44.9 Å². The Morgan fingerprint density at radius 2 is 1.88 bits per heavy atom. The van der Waals surface area contributed by atoms with Crippen molar-refractivity contribution >= 4 is 12.2 Å². The monoisotopic (exact) mass is 349 g/mol. The molecule has 0 radical (unpaired) electrons. The van der Waals surface area contributed by atoms with E-state index < -0.39 is 0 Å². The van der Waals surface area contributed by atoms with Crippen molar-refractivity contribution in [3.8, 4) is 0 Å². The molecule has 25 heavy (non-hydrogen) atoms. The number of amides is 1. The van der Waals surface area contributed by atoms with E-state index in [-0.39, 0.29) is 12.0 Å². The molecule has 0 N–H and O–H groups in total. The fraction of sp³-hybridized carbons (Fsp3) is 0.818. The predicted molar refractivity (Wildman–Crippen MR) is 105 cm³/mol. The van der Waals surface area contributed by atoms with E-state index in [0.29, 0.717) is 18.2 Å². The van der Waals surface area contributed by atoms with Gasteiger partial charge < -0.3 is 9.69 Å². The van der Waals surface area contributed by atoms with Gasteiger partial charge in [-0.2, -0.15) is 0 Å². The molecule has 144 valence electrons. The summed E-state index contributed by atoms with van der Waals surface area (Å²) >= 11 is 0. The van der Waals surface area contributed by atoms with E-state index in [1.165, 1.54) is 32.1 Å². The molecule has 0 aromatic heterocycles. The highest BCUT2D eigenvalue weighted by Gasteiger charge is 2.27. The molecule has 1 amide bonds. The zero-order chi connectivity index (χ0) is 18.5. The van der Waals surface area contributed by atoms with Gasteiger partial charge in [-0.15, -0.1) is 0 Å². The van der Waals surface area contributed by atoms with Crippen molar-refractivity contribution in [3.63, 3.8) is 0 Å². The van der Waals surface area contributed by atoms with Gasteiger partial charge in [0.05, 0.1) is 0 Å². The third-order valence-corrected chi connectivity index (χ3v) is 5.40. The third-order valence-electron chi connectivity index (χ3n) is 5.40. The first kappa shape index (κ1) is 21.9. The van der Waals surface area contributed by atoms with E-state index in [4.69, 9.17) is 0 Å². The summed E-state index contributed by atoms with van der Waals surface area (Å²) in [6, 6.07) is 0.240. The summed E-state index contributed by atoms with van der Waals surface area (Å²) in [5, 5.41) is 0. The van der Waals surface area contributed by atoms with Crippen molar-refractivity contribution in [2.45, 2.75) is 97.4 Å². The lowest BCUT2D eigenvalue weighted by molar-refractivity contribution is -0.134. The largest absolute Gasteiger partial charge is 0.340 e. The van der Waals surface area contributed by atoms with Crippen LogP contribution in [-0.2, 0) is 9.59 Å². The molecular weight excluding hydrogens is 310 g/mol. The van der Waals surface area contributed by atoms with Gasteiger partial charge in [-0.1, -0.05) is 51.7 Å². The second-order valence-corrected chi connectivity index (χ2v) is 7.95. The molecule has 3 nitrogen and oxygen atoms in total. The first-order valence-electron chi connectivity index (χ1n) is 10.4. The molecule has 3 atom stereocenters. The number of likely N-dealkylation sites (tertiary alicyclic amines) is 1. The maximum atomic E-state index is 12.5. The molecular formula is C22H39NO2.